The highest BCUT2D eigenvalue weighted by Gasteiger charge is 2.26. The number of fused-ring (bicyclic) bond motifs is 1. The fourth-order valence-electron chi connectivity index (χ4n) is 2.86. The molecule has 0 radical (unpaired) electrons. The zero-order valence-electron chi connectivity index (χ0n) is 14.5. The quantitative estimate of drug-likeness (QED) is 0.301. The molecule has 3 rings (SSSR count). The van der Waals surface area contributed by atoms with Crippen LogP contribution in [0.5, 0.6) is 0 Å². The van der Waals surface area contributed by atoms with Gasteiger partial charge < -0.3 is 9.72 Å². The number of nitro groups is 1. The predicted octanol–water partition coefficient (Wildman–Crippen LogP) is 4.47. The number of aromatic nitrogens is 1. The van der Waals surface area contributed by atoms with Crippen LogP contribution in [-0.2, 0) is 4.74 Å². The average molecular weight is 387 g/mol. The van der Waals surface area contributed by atoms with Gasteiger partial charge >= 0.3 is 5.97 Å². The average Bonchev–Trinajstić information content (AvgIpc) is 2.96. The second-order valence-electron chi connectivity index (χ2n) is 6.00. The van der Waals surface area contributed by atoms with Gasteiger partial charge in [0, 0.05) is 34.3 Å². The number of nitro benzene ring substituents is 1. The molecule has 3 aromatic rings. The summed E-state index contributed by atoms with van der Waals surface area (Å²) in [6, 6.07) is 10.8. The van der Waals surface area contributed by atoms with Crippen LogP contribution in [0.2, 0.25) is 5.02 Å². The van der Waals surface area contributed by atoms with Crippen molar-refractivity contribution in [1.82, 2.24) is 4.98 Å². The summed E-state index contributed by atoms with van der Waals surface area (Å²) >= 11 is 5.95. The fraction of sp³-hybridized carbons (Fsp3) is 0.158. The molecule has 0 bridgehead atoms. The Morgan fingerprint density at radius 1 is 1.22 bits per heavy atom. The summed E-state index contributed by atoms with van der Waals surface area (Å²) < 4.78 is 5.23. The Morgan fingerprint density at radius 3 is 2.63 bits per heavy atom. The first kappa shape index (κ1) is 18.6. The van der Waals surface area contributed by atoms with Crippen molar-refractivity contribution in [3.05, 3.63) is 74.4 Å². The minimum Gasteiger partial charge on any atom is -0.451 e. The van der Waals surface area contributed by atoms with Gasteiger partial charge in [-0.15, -0.1) is 0 Å². The first-order valence-corrected chi connectivity index (χ1v) is 8.44. The van der Waals surface area contributed by atoms with Gasteiger partial charge in [-0.1, -0.05) is 29.8 Å². The Hall–Kier alpha value is -3.19. The molecule has 1 aromatic heterocycles. The largest absolute Gasteiger partial charge is 0.451 e. The molecule has 0 aliphatic carbocycles. The number of hydrogen-bond donors (Lipinski definition) is 1. The van der Waals surface area contributed by atoms with Gasteiger partial charge in [0.1, 0.15) is 0 Å². The summed E-state index contributed by atoms with van der Waals surface area (Å²) in [5.41, 5.74) is 1.45. The number of nitrogens with zero attached hydrogens (tertiary/aromatic N) is 1. The van der Waals surface area contributed by atoms with Gasteiger partial charge in [0.15, 0.2) is 6.10 Å². The van der Waals surface area contributed by atoms with Crippen molar-refractivity contribution in [2.45, 2.75) is 20.0 Å². The minimum atomic E-state index is -1.09. The van der Waals surface area contributed by atoms with Gasteiger partial charge in [-0.05, 0) is 26.0 Å². The summed E-state index contributed by atoms with van der Waals surface area (Å²) in [5, 5.41) is 11.6. The van der Waals surface area contributed by atoms with E-state index < -0.39 is 17.0 Å². The highest BCUT2D eigenvalue weighted by Crippen LogP contribution is 2.26. The second-order valence-corrected chi connectivity index (χ2v) is 6.41. The van der Waals surface area contributed by atoms with Crippen LogP contribution in [0.1, 0.15) is 33.3 Å². The zero-order chi connectivity index (χ0) is 19.7. The molecule has 0 saturated heterocycles. The van der Waals surface area contributed by atoms with Crippen molar-refractivity contribution in [3.63, 3.8) is 0 Å². The standard InChI is InChI=1S/C19H15ClN2O5/c1-10-17(13-5-3-4-6-16(13)21-10)18(23)11(2)27-19(24)14-9-12(22(25)26)7-8-15(14)20/h3-9,11,21H,1-2H3/t11-/m0/s1. The zero-order valence-corrected chi connectivity index (χ0v) is 15.2. The van der Waals surface area contributed by atoms with E-state index in [2.05, 4.69) is 4.98 Å². The number of rotatable bonds is 5. The molecule has 8 heteroatoms. The predicted molar refractivity (Wildman–Crippen MR) is 100 cm³/mol. The van der Waals surface area contributed by atoms with Crippen LogP contribution in [-0.4, -0.2) is 27.8 Å². The van der Waals surface area contributed by atoms with Gasteiger partial charge in [-0.2, -0.15) is 0 Å². The van der Waals surface area contributed by atoms with E-state index in [4.69, 9.17) is 16.3 Å². The second kappa shape index (κ2) is 7.20. The van der Waals surface area contributed by atoms with Crippen molar-refractivity contribution in [1.29, 1.82) is 0 Å². The molecule has 7 nitrogen and oxygen atoms in total. The lowest BCUT2D eigenvalue weighted by atomic mass is 10.0. The number of ketones is 1. The number of aryl methyl sites for hydroxylation is 1. The van der Waals surface area contributed by atoms with Crippen molar-refractivity contribution >= 4 is 39.9 Å². The van der Waals surface area contributed by atoms with Crippen LogP contribution in [0.4, 0.5) is 5.69 Å². The normalized spacial score (nSPS) is 12.0. The Kier molecular flexibility index (Phi) is 4.96. The molecule has 0 aliphatic heterocycles. The molecule has 1 heterocycles. The smallest absolute Gasteiger partial charge is 0.340 e. The molecule has 0 unspecified atom stereocenters. The van der Waals surface area contributed by atoms with Gasteiger partial charge in [0.2, 0.25) is 5.78 Å². The number of H-pyrrole nitrogens is 1. The molecular weight excluding hydrogens is 372 g/mol. The van der Waals surface area contributed by atoms with Crippen molar-refractivity contribution < 1.29 is 19.2 Å². The molecule has 0 amide bonds. The summed E-state index contributed by atoms with van der Waals surface area (Å²) in [6.07, 6.45) is -1.09. The third-order valence-electron chi connectivity index (χ3n) is 4.17. The van der Waals surface area contributed by atoms with E-state index in [9.17, 15) is 19.7 Å². The fourth-order valence-corrected chi connectivity index (χ4v) is 3.05. The Balaban J connectivity index is 1.86. The topological polar surface area (TPSA) is 102 Å². The third kappa shape index (κ3) is 3.54. The first-order chi connectivity index (χ1) is 12.8. The van der Waals surface area contributed by atoms with E-state index in [0.717, 1.165) is 17.0 Å². The molecule has 138 valence electrons. The molecule has 1 N–H and O–H groups in total. The van der Waals surface area contributed by atoms with E-state index in [1.54, 1.807) is 13.0 Å². The molecule has 0 aliphatic rings. The van der Waals surface area contributed by atoms with Gasteiger partial charge in [0.05, 0.1) is 15.5 Å². The summed E-state index contributed by atoms with van der Waals surface area (Å²) in [5.74, 6) is -1.28. The summed E-state index contributed by atoms with van der Waals surface area (Å²) in [7, 11) is 0. The Labute approximate surface area is 159 Å². The minimum absolute atomic E-state index is 0.00789. The first-order valence-electron chi connectivity index (χ1n) is 8.06. The van der Waals surface area contributed by atoms with Crippen molar-refractivity contribution in [2.24, 2.45) is 0 Å². The highest BCUT2D eigenvalue weighted by molar-refractivity contribution is 6.33. The monoisotopic (exact) mass is 386 g/mol. The van der Waals surface area contributed by atoms with E-state index in [-0.39, 0.29) is 22.1 Å². The van der Waals surface area contributed by atoms with E-state index >= 15 is 0 Å². The summed E-state index contributed by atoms with van der Waals surface area (Å²) in [6.45, 7) is 3.21. The van der Waals surface area contributed by atoms with Crippen LogP contribution in [0, 0.1) is 17.0 Å². The van der Waals surface area contributed by atoms with E-state index in [1.807, 2.05) is 18.2 Å². The van der Waals surface area contributed by atoms with E-state index in [0.29, 0.717) is 11.3 Å². The molecule has 0 fully saturated rings. The SMILES string of the molecule is Cc1[nH]c2ccccc2c1C(=O)[C@H](C)OC(=O)c1cc([N+](=O)[O-])ccc1Cl. The molecule has 2 aromatic carbocycles. The number of carbonyl (C=O) groups excluding carboxylic acids is 2. The highest BCUT2D eigenvalue weighted by atomic mass is 35.5. The molecular formula is C19H15ClN2O5. The number of Topliss-reactive ketones (excluding diaryl/α,β-unsaturated/α-hetero) is 1. The van der Waals surface area contributed by atoms with Gasteiger partial charge in [-0.25, -0.2) is 4.79 Å². The number of para-hydroxylation sites is 1. The maximum Gasteiger partial charge on any atom is 0.340 e. The number of aromatic amines is 1. The third-order valence-corrected chi connectivity index (χ3v) is 4.50. The van der Waals surface area contributed by atoms with Crippen LogP contribution in [0.15, 0.2) is 42.5 Å². The van der Waals surface area contributed by atoms with Crippen LogP contribution in [0.25, 0.3) is 10.9 Å². The Morgan fingerprint density at radius 2 is 1.93 bits per heavy atom. The van der Waals surface area contributed by atoms with Gasteiger partial charge in [-0.3, -0.25) is 14.9 Å². The number of benzene rings is 2. The van der Waals surface area contributed by atoms with Crippen molar-refractivity contribution in [3.8, 4) is 0 Å². The Bertz CT molecular complexity index is 1070. The number of halogens is 1. The number of esters is 1. The van der Waals surface area contributed by atoms with Crippen LogP contribution < -0.4 is 0 Å². The lowest BCUT2D eigenvalue weighted by molar-refractivity contribution is -0.384. The lowest BCUT2D eigenvalue weighted by Gasteiger charge is -2.13. The number of carbonyl (C=O) groups is 2. The van der Waals surface area contributed by atoms with Crippen molar-refractivity contribution in [2.75, 3.05) is 0 Å². The molecule has 27 heavy (non-hydrogen) atoms. The summed E-state index contributed by atoms with van der Waals surface area (Å²) in [4.78, 5) is 38.6. The lowest BCUT2D eigenvalue weighted by Crippen LogP contribution is -2.25. The molecule has 0 saturated carbocycles. The maximum atomic E-state index is 12.8. The van der Waals surface area contributed by atoms with E-state index in [1.165, 1.54) is 19.1 Å². The van der Waals surface area contributed by atoms with Crippen LogP contribution in [0.3, 0.4) is 0 Å². The number of ether oxygens (including phenoxy) is 1. The van der Waals surface area contributed by atoms with Gasteiger partial charge in [0.25, 0.3) is 5.69 Å². The number of hydrogen-bond acceptors (Lipinski definition) is 5. The number of nitrogens with one attached hydrogen (secondary N) is 1. The number of non-ortho nitro benzene ring substituents is 1. The molecule has 0 spiro atoms. The van der Waals surface area contributed by atoms with Crippen LogP contribution >= 0.6 is 11.6 Å². The molecule has 1 atom stereocenters. The maximum absolute atomic E-state index is 12.8.